The maximum atomic E-state index is 12.1. The highest BCUT2D eigenvalue weighted by Crippen LogP contribution is 2.39. The quantitative estimate of drug-likeness (QED) is 0.780. The van der Waals surface area contributed by atoms with E-state index in [1.54, 1.807) is 0 Å². The van der Waals surface area contributed by atoms with E-state index in [1.165, 1.54) is 0 Å². The molecule has 2 fully saturated rings. The Morgan fingerprint density at radius 2 is 2.26 bits per heavy atom. The van der Waals surface area contributed by atoms with Crippen LogP contribution in [0.15, 0.2) is 4.52 Å². The summed E-state index contributed by atoms with van der Waals surface area (Å²) in [5.41, 5.74) is 0. The molecule has 3 rings (SSSR count). The van der Waals surface area contributed by atoms with Crippen molar-refractivity contribution in [2.45, 2.75) is 50.5 Å². The molecule has 1 aromatic rings. The minimum Gasteiger partial charge on any atom is -0.337 e. The molecule has 104 valence electrons. The number of aromatic nitrogens is 2. The van der Waals surface area contributed by atoms with Crippen molar-refractivity contribution in [2.75, 3.05) is 12.4 Å². The molecule has 0 aromatic carbocycles. The summed E-state index contributed by atoms with van der Waals surface area (Å²) in [7, 11) is 0. The van der Waals surface area contributed by atoms with Gasteiger partial charge in [0, 0.05) is 24.8 Å². The Labute approximate surface area is 117 Å². The number of amides is 1. The van der Waals surface area contributed by atoms with Gasteiger partial charge in [0.1, 0.15) is 6.04 Å². The van der Waals surface area contributed by atoms with Crippen LogP contribution in [0.1, 0.15) is 62.2 Å². The van der Waals surface area contributed by atoms with Gasteiger partial charge < -0.3 is 9.42 Å². The van der Waals surface area contributed by atoms with Crippen LogP contribution in [0.2, 0.25) is 0 Å². The molecule has 0 radical (unpaired) electrons. The van der Waals surface area contributed by atoms with E-state index in [0.717, 1.165) is 44.5 Å². The van der Waals surface area contributed by atoms with Crippen LogP contribution in [-0.4, -0.2) is 33.4 Å². The molecule has 5 nitrogen and oxygen atoms in total. The molecular formula is C13H18ClN3O2. The summed E-state index contributed by atoms with van der Waals surface area (Å²) < 4.78 is 5.35. The summed E-state index contributed by atoms with van der Waals surface area (Å²) in [5.74, 6) is 2.58. The Hall–Kier alpha value is -1.10. The van der Waals surface area contributed by atoms with Crippen LogP contribution < -0.4 is 0 Å². The van der Waals surface area contributed by atoms with Crippen molar-refractivity contribution in [1.82, 2.24) is 15.0 Å². The maximum Gasteiger partial charge on any atom is 0.249 e. The fourth-order valence-electron chi connectivity index (χ4n) is 2.57. The minimum atomic E-state index is -0.0252. The van der Waals surface area contributed by atoms with E-state index >= 15 is 0 Å². The molecule has 6 heteroatoms. The van der Waals surface area contributed by atoms with Crippen molar-refractivity contribution in [2.24, 2.45) is 0 Å². The van der Waals surface area contributed by atoms with Gasteiger partial charge in [-0.15, -0.1) is 11.6 Å². The highest BCUT2D eigenvalue weighted by atomic mass is 35.5. The Morgan fingerprint density at radius 3 is 3.00 bits per heavy atom. The second kappa shape index (κ2) is 5.49. The summed E-state index contributed by atoms with van der Waals surface area (Å²) in [4.78, 5) is 18.5. The predicted octanol–water partition coefficient (Wildman–Crippen LogP) is 2.63. The first-order valence-electron chi connectivity index (χ1n) is 6.98. The third-order valence-electron chi connectivity index (χ3n) is 3.78. The Kier molecular flexibility index (Phi) is 3.73. The molecule has 1 saturated carbocycles. The summed E-state index contributed by atoms with van der Waals surface area (Å²) in [6, 6.07) is -0.0252. The lowest BCUT2D eigenvalue weighted by molar-refractivity contribution is -0.132. The van der Waals surface area contributed by atoms with Gasteiger partial charge in [0.2, 0.25) is 11.8 Å². The summed E-state index contributed by atoms with van der Waals surface area (Å²) in [6.45, 7) is 0.785. The first-order chi connectivity index (χ1) is 9.29. The lowest BCUT2D eigenvalue weighted by Crippen LogP contribution is -2.30. The number of nitrogens with zero attached hydrogens (tertiary/aromatic N) is 3. The second-order valence-electron chi connectivity index (χ2n) is 5.30. The summed E-state index contributed by atoms with van der Waals surface area (Å²) in [6.07, 6.45) is 5.45. The zero-order valence-electron chi connectivity index (χ0n) is 10.8. The molecule has 1 atom stereocenters. The van der Waals surface area contributed by atoms with Crippen LogP contribution in [0, 0.1) is 0 Å². The fraction of sp³-hybridized carbons (Fsp3) is 0.769. The zero-order valence-corrected chi connectivity index (χ0v) is 11.6. The maximum absolute atomic E-state index is 12.1. The first kappa shape index (κ1) is 12.9. The average molecular weight is 284 g/mol. The number of carbonyl (C=O) groups excluding carboxylic acids is 1. The van der Waals surface area contributed by atoms with Gasteiger partial charge in [-0.25, -0.2) is 0 Å². The molecule has 1 aliphatic carbocycles. The van der Waals surface area contributed by atoms with Crippen molar-refractivity contribution in [1.29, 1.82) is 0 Å². The highest BCUT2D eigenvalue weighted by molar-refractivity contribution is 6.17. The van der Waals surface area contributed by atoms with E-state index in [0.29, 0.717) is 24.1 Å². The second-order valence-corrected chi connectivity index (χ2v) is 5.68. The monoisotopic (exact) mass is 283 g/mol. The standard InChI is InChI=1S/C13H18ClN3O2/c14-7-1-4-11(18)17-8-2-3-10(17)13-15-12(16-19-13)9-5-6-9/h9-10H,1-8H2. The number of rotatable bonds is 5. The van der Waals surface area contributed by atoms with E-state index in [1.807, 2.05) is 4.90 Å². The largest absolute Gasteiger partial charge is 0.337 e. The Morgan fingerprint density at radius 1 is 1.42 bits per heavy atom. The number of hydrogen-bond acceptors (Lipinski definition) is 4. The van der Waals surface area contributed by atoms with Crippen LogP contribution in [0.3, 0.4) is 0 Å². The third kappa shape index (κ3) is 2.76. The first-order valence-corrected chi connectivity index (χ1v) is 7.52. The third-order valence-corrected chi connectivity index (χ3v) is 4.05. The van der Waals surface area contributed by atoms with E-state index in [-0.39, 0.29) is 11.9 Å². The number of hydrogen-bond donors (Lipinski definition) is 0. The molecule has 1 unspecified atom stereocenters. The molecule has 1 aliphatic heterocycles. The Bertz CT molecular complexity index is 458. The average Bonchev–Trinajstić information content (AvgIpc) is 2.96. The van der Waals surface area contributed by atoms with Crippen LogP contribution in [0.5, 0.6) is 0 Å². The van der Waals surface area contributed by atoms with Crippen LogP contribution in [-0.2, 0) is 4.79 Å². The predicted molar refractivity (Wildman–Crippen MR) is 69.9 cm³/mol. The number of likely N-dealkylation sites (tertiary alicyclic amines) is 1. The molecule has 1 saturated heterocycles. The summed E-state index contributed by atoms with van der Waals surface area (Å²) >= 11 is 5.64. The SMILES string of the molecule is O=C(CCCCl)N1CCCC1c1nc(C2CC2)no1. The zero-order chi connectivity index (χ0) is 13.2. The normalized spacial score (nSPS) is 23.0. The van der Waals surface area contributed by atoms with Gasteiger partial charge in [-0.2, -0.15) is 4.98 Å². The van der Waals surface area contributed by atoms with Crippen molar-refractivity contribution in [3.05, 3.63) is 11.7 Å². The van der Waals surface area contributed by atoms with Gasteiger partial charge in [0.05, 0.1) is 0 Å². The number of halogens is 1. The van der Waals surface area contributed by atoms with Crippen molar-refractivity contribution in [3.63, 3.8) is 0 Å². The molecule has 2 heterocycles. The topological polar surface area (TPSA) is 59.2 Å². The molecule has 0 spiro atoms. The van der Waals surface area contributed by atoms with Crippen LogP contribution >= 0.6 is 11.6 Å². The van der Waals surface area contributed by atoms with E-state index in [9.17, 15) is 4.79 Å². The molecule has 2 aliphatic rings. The van der Waals surface area contributed by atoms with E-state index in [2.05, 4.69) is 10.1 Å². The van der Waals surface area contributed by atoms with E-state index in [4.69, 9.17) is 16.1 Å². The van der Waals surface area contributed by atoms with E-state index < -0.39 is 0 Å². The highest BCUT2D eigenvalue weighted by Gasteiger charge is 2.35. The van der Waals surface area contributed by atoms with Crippen molar-refractivity contribution in [3.8, 4) is 0 Å². The molecule has 1 amide bonds. The molecule has 0 bridgehead atoms. The molecule has 19 heavy (non-hydrogen) atoms. The fourth-order valence-corrected chi connectivity index (χ4v) is 2.71. The van der Waals surface area contributed by atoms with Gasteiger partial charge in [0.25, 0.3) is 0 Å². The van der Waals surface area contributed by atoms with Crippen molar-refractivity contribution < 1.29 is 9.32 Å². The summed E-state index contributed by atoms with van der Waals surface area (Å²) in [5, 5.41) is 4.03. The van der Waals surface area contributed by atoms with Gasteiger partial charge >= 0.3 is 0 Å². The van der Waals surface area contributed by atoms with Gasteiger partial charge in [-0.1, -0.05) is 5.16 Å². The minimum absolute atomic E-state index is 0.0252. The molecular weight excluding hydrogens is 266 g/mol. The molecule has 1 aromatic heterocycles. The smallest absolute Gasteiger partial charge is 0.249 e. The van der Waals surface area contributed by atoms with Crippen molar-refractivity contribution >= 4 is 17.5 Å². The lowest BCUT2D eigenvalue weighted by Gasteiger charge is -2.21. The lowest BCUT2D eigenvalue weighted by atomic mass is 10.2. The Balaban J connectivity index is 1.68. The number of carbonyl (C=O) groups is 1. The van der Waals surface area contributed by atoms with Crippen LogP contribution in [0.4, 0.5) is 0 Å². The van der Waals surface area contributed by atoms with Gasteiger partial charge in [-0.05, 0) is 32.1 Å². The molecule has 0 N–H and O–H groups in total. The van der Waals surface area contributed by atoms with Gasteiger partial charge in [-0.3, -0.25) is 4.79 Å². The number of alkyl halides is 1. The van der Waals surface area contributed by atoms with Crippen LogP contribution in [0.25, 0.3) is 0 Å². The van der Waals surface area contributed by atoms with Gasteiger partial charge in [0.15, 0.2) is 5.82 Å².